The molecule has 0 aliphatic carbocycles. The Morgan fingerprint density at radius 2 is 1.86 bits per heavy atom. The summed E-state index contributed by atoms with van der Waals surface area (Å²) in [5.41, 5.74) is 1.69. The number of nitrogens with zero attached hydrogens (tertiary/aromatic N) is 1. The summed E-state index contributed by atoms with van der Waals surface area (Å²) in [6.45, 7) is 0.761. The number of carbonyl (C=O) groups excluding carboxylic acids is 1. The van der Waals surface area contributed by atoms with E-state index in [1.807, 2.05) is 23.1 Å². The molecule has 2 aromatic rings. The van der Waals surface area contributed by atoms with Crippen LogP contribution in [0.4, 0.5) is 0 Å². The van der Waals surface area contributed by atoms with E-state index >= 15 is 0 Å². The second kappa shape index (κ2) is 6.08. The van der Waals surface area contributed by atoms with E-state index < -0.39 is 0 Å². The van der Waals surface area contributed by atoms with Gasteiger partial charge in [0.15, 0.2) is 0 Å². The molecule has 21 heavy (non-hydrogen) atoms. The third kappa shape index (κ3) is 2.92. The van der Waals surface area contributed by atoms with Crippen molar-refractivity contribution >= 4 is 29.1 Å². The lowest BCUT2D eigenvalue weighted by atomic mass is 10.0. The van der Waals surface area contributed by atoms with Gasteiger partial charge >= 0.3 is 0 Å². The van der Waals surface area contributed by atoms with E-state index in [0.717, 1.165) is 19.4 Å². The van der Waals surface area contributed by atoms with E-state index in [9.17, 15) is 4.79 Å². The molecular formula is C17H15Cl2NO. The third-order valence-corrected chi connectivity index (χ3v) is 4.41. The summed E-state index contributed by atoms with van der Waals surface area (Å²) in [6, 6.07) is 15.3. The molecule has 0 radical (unpaired) electrons. The molecule has 0 bridgehead atoms. The van der Waals surface area contributed by atoms with Crippen molar-refractivity contribution < 1.29 is 4.79 Å². The van der Waals surface area contributed by atoms with Crippen molar-refractivity contribution in [3.05, 3.63) is 69.7 Å². The van der Waals surface area contributed by atoms with Crippen LogP contribution in [-0.2, 0) is 0 Å². The first-order chi connectivity index (χ1) is 10.2. The highest BCUT2D eigenvalue weighted by atomic mass is 35.5. The van der Waals surface area contributed by atoms with E-state index in [2.05, 4.69) is 12.1 Å². The topological polar surface area (TPSA) is 20.3 Å². The molecule has 0 unspecified atom stereocenters. The number of benzene rings is 2. The molecule has 1 saturated heterocycles. The summed E-state index contributed by atoms with van der Waals surface area (Å²) in [5, 5.41) is 0.948. The summed E-state index contributed by atoms with van der Waals surface area (Å²) in [6.07, 6.45) is 2.00. The second-order valence-electron chi connectivity index (χ2n) is 5.19. The fourth-order valence-corrected chi connectivity index (χ4v) is 3.34. The number of halogens is 2. The van der Waals surface area contributed by atoms with Crippen LogP contribution in [0.2, 0.25) is 10.0 Å². The number of hydrogen-bond acceptors (Lipinski definition) is 1. The summed E-state index contributed by atoms with van der Waals surface area (Å²) in [4.78, 5) is 14.7. The number of hydrogen-bond donors (Lipinski definition) is 0. The smallest absolute Gasteiger partial charge is 0.255 e. The normalized spacial score (nSPS) is 18.0. The first-order valence-electron chi connectivity index (χ1n) is 6.98. The molecule has 0 aromatic heterocycles. The number of likely N-dealkylation sites (tertiary alicyclic amines) is 1. The molecule has 0 spiro atoms. The van der Waals surface area contributed by atoms with Crippen LogP contribution in [0, 0.1) is 0 Å². The maximum Gasteiger partial charge on any atom is 0.255 e. The largest absolute Gasteiger partial charge is 0.332 e. The van der Waals surface area contributed by atoms with Crippen LogP contribution >= 0.6 is 23.2 Å². The Bertz CT molecular complexity index is 657. The van der Waals surface area contributed by atoms with Gasteiger partial charge in [-0.05, 0) is 36.6 Å². The zero-order chi connectivity index (χ0) is 14.8. The van der Waals surface area contributed by atoms with Gasteiger partial charge in [0.1, 0.15) is 0 Å². The summed E-state index contributed by atoms with van der Waals surface area (Å²) < 4.78 is 0. The molecular weight excluding hydrogens is 305 g/mol. The van der Waals surface area contributed by atoms with Crippen molar-refractivity contribution in [2.24, 2.45) is 0 Å². The molecule has 1 amide bonds. The highest BCUT2D eigenvalue weighted by molar-refractivity contribution is 6.36. The van der Waals surface area contributed by atoms with Gasteiger partial charge in [-0.25, -0.2) is 0 Å². The van der Waals surface area contributed by atoms with Crippen molar-refractivity contribution in [3.8, 4) is 0 Å². The van der Waals surface area contributed by atoms with Crippen LogP contribution in [-0.4, -0.2) is 17.4 Å². The lowest BCUT2D eigenvalue weighted by Gasteiger charge is -2.25. The van der Waals surface area contributed by atoms with Crippen LogP contribution in [0.3, 0.4) is 0 Å². The Balaban J connectivity index is 1.90. The summed E-state index contributed by atoms with van der Waals surface area (Å²) in [7, 11) is 0. The lowest BCUT2D eigenvalue weighted by Crippen LogP contribution is -2.30. The summed E-state index contributed by atoms with van der Waals surface area (Å²) >= 11 is 12.1. The average Bonchev–Trinajstić information content (AvgIpc) is 2.97. The number of amides is 1. The van der Waals surface area contributed by atoms with Crippen LogP contribution < -0.4 is 0 Å². The molecule has 2 nitrogen and oxygen atoms in total. The molecule has 1 aliphatic heterocycles. The Labute approximate surface area is 134 Å². The fraction of sp³-hybridized carbons (Fsp3) is 0.235. The van der Waals surface area contributed by atoms with Crippen LogP contribution in [0.1, 0.15) is 34.8 Å². The van der Waals surface area contributed by atoms with Crippen molar-refractivity contribution in [2.45, 2.75) is 18.9 Å². The van der Waals surface area contributed by atoms with Crippen LogP contribution in [0.15, 0.2) is 48.5 Å². The first-order valence-corrected chi connectivity index (χ1v) is 7.73. The van der Waals surface area contributed by atoms with Gasteiger partial charge in [0.2, 0.25) is 0 Å². The fourth-order valence-electron chi connectivity index (χ4n) is 2.85. The van der Waals surface area contributed by atoms with Crippen molar-refractivity contribution in [3.63, 3.8) is 0 Å². The van der Waals surface area contributed by atoms with Crippen molar-refractivity contribution in [1.82, 2.24) is 4.90 Å². The minimum Gasteiger partial charge on any atom is -0.332 e. The quantitative estimate of drug-likeness (QED) is 0.765. The highest BCUT2D eigenvalue weighted by Crippen LogP contribution is 2.34. The Morgan fingerprint density at radius 1 is 1.10 bits per heavy atom. The molecule has 1 aliphatic rings. The monoisotopic (exact) mass is 319 g/mol. The average molecular weight is 320 g/mol. The minimum atomic E-state index is -0.0250. The number of rotatable bonds is 2. The lowest BCUT2D eigenvalue weighted by molar-refractivity contribution is 0.0736. The maximum absolute atomic E-state index is 12.8. The van der Waals surface area contributed by atoms with Crippen molar-refractivity contribution in [2.75, 3.05) is 6.54 Å². The third-order valence-electron chi connectivity index (χ3n) is 3.86. The molecule has 3 rings (SSSR count). The van der Waals surface area contributed by atoms with Gasteiger partial charge in [-0.2, -0.15) is 0 Å². The maximum atomic E-state index is 12.8. The van der Waals surface area contributed by atoms with Gasteiger partial charge in [-0.1, -0.05) is 53.5 Å². The second-order valence-corrected chi connectivity index (χ2v) is 6.04. The Morgan fingerprint density at radius 3 is 2.57 bits per heavy atom. The molecule has 1 fully saturated rings. The van der Waals surface area contributed by atoms with E-state index in [0.29, 0.717) is 15.6 Å². The standard InChI is InChI=1S/C17H15Cl2NO/c18-13-8-9-14(15(19)11-13)17(21)20-10-4-7-16(20)12-5-2-1-3-6-12/h1-3,5-6,8-9,11,16H,4,7,10H2/t16-/m0/s1. The predicted octanol–water partition coefficient (Wildman–Crippen LogP) is 4.97. The molecule has 0 N–H and O–H groups in total. The van der Waals surface area contributed by atoms with Gasteiger partial charge in [0.25, 0.3) is 5.91 Å². The summed E-state index contributed by atoms with van der Waals surface area (Å²) in [5.74, 6) is -0.0250. The van der Waals surface area contributed by atoms with E-state index in [4.69, 9.17) is 23.2 Å². The van der Waals surface area contributed by atoms with E-state index in [-0.39, 0.29) is 11.9 Å². The highest BCUT2D eigenvalue weighted by Gasteiger charge is 2.31. The van der Waals surface area contributed by atoms with Gasteiger partial charge in [-0.15, -0.1) is 0 Å². The first kappa shape index (κ1) is 14.4. The number of carbonyl (C=O) groups is 1. The molecule has 4 heteroatoms. The molecule has 0 saturated carbocycles. The Hall–Kier alpha value is -1.51. The minimum absolute atomic E-state index is 0.0250. The SMILES string of the molecule is O=C(c1ccc(Cl)cc1Cl)N1CCC[C@H]1c1ccccc1. The zero-order valence-electron chi connectivity index (χ0n) is 11.4. The van der Waals surface area contributed by atoms with Crippen LogP contribution in [0.5, 0.6) is 0 Å². The van der Waals surface area contributed by atoms with Crippen LogP contribution in [0.25, 0.3) is 0 Å². The molecule has 1 heterocycles. The van der Waals surface area contributed by atoms with E-state index in [1.165, 1.54) is 5.56 Å². The molecule has 108 valence electrons. The van der Waals surface area contributed by atoms with Gasteiger partial charge in [0.05, 0.1) is 16.6 Å². The van der Waals surface area contributed by atoms with E-state index in [1.54, 1.807) is 18.2 Å². The Kier molecular flexibility index (Phi) is 4.18. The van der Waals surface area contributed by atoms with Gasteiger partial charge in [0, 0.05) is 11.6 Å². The molecule has 1 atom stereocenters. The zero-order valence-corrected chi connectivity index (χ0v) is 12.9. The predicted molar refractivity (Wildman–Crippen MR) is 85.9 cm³/mol. The van der Waals surface area contributed by atoms with Gasteiger partial charge in [-0.3, -0.25) is 4.79 Å². The van der Waals surface area contributed by atoms with Gasteiger partial charge < -0.3 is 4.90 Å². The van der Waals surface area contributed by atoms with Crippen molar-refractivity contribution in [1.29, 1.82) is 0 Å². The molecule has 2 aromatic carbocycles.